The van der Waals surface area contributed by atoms with E-state index >= 15 is 0 Å². The number of ketones is 1. The molecule has 4 nitrogen and oxygen atoms in total. The van der Waals surface area contributed by atoms with Gasteiger partial charge in [-0.1, -0.05) is 80.1 Å². The Bertz CT molecular complexity index is 1390. The van der Waals surface area contributed by atoms with Crippen LogP contribution in [0.5, 0.6) is 0 Å². The van der Waals surface area contributed by atoms with Crippen LogP contribution in [-0.2, 0) is 25.9 Å². The molecule has 1 heterocycles. The largest absolute Gasteiger partial charge is 0.512 e. The number of fused-ring (bicyclic) bond motifs is 1. The van der Waals surface area contributed by atoms with Gasteiger partial charge in [0, 0.05) is 44.0 Å². The van der Waals surface area contributed by atoms with Gasteiger partial charge in [-0.05, 0) is 74.6 Å². The number of hydrogen-bond acceptors (Lipinski definition) is 3. The fraction of sp³-hybridized carbons (Fsp3) is 0.590. The zero-order chi connectivity index (χ0) is 31.4. The summed E-state index contributed by atoms with van der Waals surface area (Å²) in [5.41, 5.74) is 6.11. The van der Waals surface area contributed by atoms with Gasteiger partial charge in [0.1, 0.15) is 5.76 Å². The normalized spacial score (nSPS) is 17.2. The second-order valence-electron chi connectivity index (χ2n) is 15.2. The Morgan fingerprint density at radius 1 is 0.886 bits per heavy atom. The number of aliphatic hydroxyl groups is 1. The molecule has 0 saturated heterocycles. The van der Waals surface area contributed by atoms with Crippen molar-refractivity contribution in [2.45, 2.75) is 137 Å². The van der Waals surface area contributed by atoms with Crippen molar-refractivity contribution >= 4 is 16.8 Å². The maximum Gasteiger partial charge on any atom is 0.164 e. The molecule has 0 spiro atoms. The van der Waals surface area contributed by atoms with Crippen molar-refractivity contribution in [3.05, 3.63) is 65.4 Å². The zero-order valence-corrected chi connectivity index (χ0v) is 30.7. The average Bonchev–Trinajstić information content (AvgIpc) is 3.36. The van der Waals surface area contributed by atoms with Crippen LogP contribution >= 0.6 is 0 Å². The number of nitrogens with zero attached hydrogens (tertiary/aromatic N) is 2. The number of carbonyl (C=O) groups excluding carboxylic acids is 1. The van der Waals surface area contributed by atoms with Crippen LogP contribution in [0, 0.1) is 16.9 Å². The van der Waals surface area contributed by atoms with Crippen LogP contribution in [0.2, 0.25) is 0 Å². The Hall–Kier alpha value is -2.19. The molecular weight excluding hydrogens is 724 g/mol. The first kappa shape index (κ1) is 36.3. The van der Waals surface area contributed by atoms with Crippen LogP contribution in [0.3, 0.4) is 0 Å². The smallest absolute Gasteiger partial charge is 0.164 e. The van der Waals surface area contributed by atoms with Gasteiger partial charge in [-0.3, -0.25) is 9.78 Å². The molecule has 0 bridgehead atoms. The summed E-state index contributed by atoms with van der Waals surface area (Å²) in [5.74, 6) is 2.64. The van der Waals surface area contributed by atoms with E-state index < -0.39 is 5.41 Å². The number of aromatic nitrogens is 2. The molecule has 0 atom stereocenters. The first-order chi connectivity index (χ1) is 20.3. The second kappa shape index (κ2) is 15.4. The monoisotopic (exact) mass is 778 g/mol. The van der Waals surface area contributed by atoms with Crippen molar-refractivity contribution < 1.29 is 31.0 Å². The molecular formula is C39H55N2O2Pt-. The maximum absolute atomic E-state index is 11.5. The summed E-state index contributed by atoms with van der Waals surface area (Å²) in [5, 5.41) is 9.56. The van der Waals surface area contributed by atoms with E-state index in [4.69, 9.17) is 4.98 Å². The Labute approximate surface area is 281 Å². The van der Waals surface area contributed by atoms with Crippen LogP contribution in [0.4, 0.5) is 0 Å². The van der Waals surface area contributed by atoms with Crippen LogP contribution in [0.1, 0.15) is 149 Å². The molecule has 1 N–H and O–H groups in total. The molecule has 2 aliphatic rings. The molecule has 0 amide bonds. The third kappa shape index (κ3) is 8.96. The Morgan fingerprint density at radius 2 is 1.43 bits per heavy atom. The molecule has 1 aromatic heterocycles. The number of allylic oxidation sites excluding steroid dienone is 2. The molecule has 2 saturated carbocycles. The Morgan fingerprint density at radius 3 is 1.89 bits per heavy atom. The average molecular weight is 779 g/mol. The molecule has 44 heavy (non-hydrogen) atoms. The van der Waals surface area contributed by atoms with E-state index in [0.29, 0.717) is 6.04 Å². The molecule has 5 rings (SSSR count). The second-order valence-corrected chi connectivity index (χ2v) is 15.2. The van der Waals surface area contributed by atoms with Crippen molar-refractivity contribution in [1.82, 2.24) is 9.55 Å². The Kier molecular flexibility index (Phi) is 12.7. The molecule has 3 aromatic rings. The van der Waals surface area contributed by atoms with Crippen molar-refractivity contribution in [3.8, 4) is 11.4 Å². The summed E-state index contributed by atoms with van der Waals surface area (Å²) in [6.07, 6.45) is 15.1. The number of imidazole rings is 1. The minimum absolute atomic E-state index is 0. The van der Waals surface area contributed by atoms with Crippen LogP contribution < -0.4 is 0 Å². The van der Waals surface area contributed by atoms with E-state index in [1.165, 1.54) is 81.3 Å². The van der Waals surface area contributed by atoms with Gasteiger partial charge in [0.15, 0.2) is 5.78 Å². The fourth-order valence-electron chi connectivity index (χ4n) is 6.51. The predicted molar refractivity (Wildman–Crippen MR) is 181 cm³/mol. The number of hydrogen-bond donors (Lipinski definition) is 1. The van der Waals surface area contributed by atoms with Crippen molar-refractivity contribution in [2.24, 2.45) is 10.8 Å². The molecule has 2 aromatic carbocycles. The molecule has 0 radical (unpaired) electrons. The number of rotatable bonds is 5. The first-order valence-electron chi connectivity index (χ1n) is 16.8. The van der Waals surface area contributed by atoms with Gasteiger partial charge in [-0.15, -0.1) is 35.9 Å². The van der Waals surface area contributed by atoms with E-state index in [-0.39, 0.29) is 38.0 Å². The van der Waals surface area contributed by atoms with Gasteiger partial charge in [0.2, 0.25) is 0 Å². The van der Waals surface area contributed by atoms with Crippen molar-refractivity contribution in [2.75, 3.05) is 0 Å². The van der Waals surface area contributed by atoms with Crippen LogP contribution in [0.25, 0.3) is 22.4 Å². The van der Waals surface area contributed by atoms with E-state index in [0.717, 1.165) is 23.2 Å². The number of carbonyl (C=O) groups is 1. The third-order valence-electron chi connectivity index (χ3n) is 9.23. The summed E-state index contributed by atoms with van der Waals surface area (Å²) in [7, 11) is 0. The van der Waals surface area contributed by atoms with Gasteiger partial charge < -0.3 is 9.67 Å². The van der Waals surface area contributed by atoms with Gasteiger partial charge >= 0.3 is 0 Å². The standard InChI is InChI=1S/C28H35N2.C11H20O2.Pt/c1-20(2)30-27-19-25(22-14-8-4-9-15-22)24(21-12-6-3-7-13-21)18-26(27)29-28(30)23-16-10-5-11-17-23;1-10(2,3)8(12)7-9(13)11(4,5)6;/h5,10-11,16,18-22H,3-4,6-9,12-15H2,1-2H3;7,12H,1-6H3;/q-1;;. The first-order valence-corrected chi connectivity index (χ1v) is 16.8. The zero-order valence-electron chi connectivity index (χ0n) is 28.4. The van der Waals surface area contributed by atoms with Crippen molar-refractivity contribution in [1.29, 1.82) is 0 Å². The van der Waals surface area contributed by atoms with E-state index in [1.807, 2.05) is 53.7 Å². The fourth-order valence-corrected chi connectivity index (χ4v) is 6.51. The Balaban J connectivity index is 0.000000324. The summed E-state index contributed by atoms with van der Waals surface area (Å²) >= 11 is 0. The molecule has 0 aliphatic heterocycles. The minimum atomic E-state index is -0.417. The van der Waals surface area contributed by atoms with E-state index in [2.05, 4.69) is 48.7 Å². The van der Waals surface area contributed by atoms with Gasteiger partial charge in [0.25, 0.3) is 0 Å². The third-order valence-corrected chi connectivity index (χ3v) is 9.23. The summed E-state index contributed by atoms with van der Waals surface area (Å²) in [6.45, 7) is 15.7. The van der Waals surface area contributed by atoms with Gasteiger partial charge in [0.05, 0.1) is 16.9 Å². The molecule has 244 valence electrons. The maximum atomic E-state index is 11.5. The number of benzene rings is 2. The summed E-state index contributed by atoms with van der Waals surface area (Å²) in [4.78, 5) is 16.7. The minimum Gasteiger partial charge on any atom is -0.512 e. The van der Waals surface area contributed by atoms with E-state index in [9.17, 15) is 9.90 Å². The SMILES string of the molecule is CC(C)(C)C(=O)C=C(O)C(C)(C)C.CC(C)n1c(-c2[c-]cccc2)nc2cc(C3CCCCC3)c(C3CCCCC3)cc21.[Pt]. The summed E-state index contributed by atoms with van der Waals surface area (Å²) < 4.78 is 2.44. The quantitative estimate of drug-likeness (QED) is 0.159. The van der Waals surface area contributed by atoms with Crippen LogP contribution in [0.15, 0.2) is 48.2 Å². The topological polar surface area (TPSA) is 55.1 Å². The van der Waals surface area contributed by atoms with Crippen molar-refractivity contribution in [3.63, 3.8) is 0 Å². The predicted octanol–water partition coefficient (Wildman–Crippen LogP) is 11.3. The summed E-state index contributed by atoms with van der Waals surface area (Å²) in [6, 6.07) is 17.1. The van der Waals surface area contributed by atoms with Gasteiger partial charge in [-0.25, -0.2) is 0 Å². The molecule has 2 aliphatic carbocycles. The number of aliphatic hydroxyl groups excluding tert-OH is 1. The van der Waals surface area contributed by atoms with Gasteiger partial charge in [-0.2, -0.15) is 0 Å². The van der Waals surface area contributed by atoms with Crippen LogP contribution in [-0.4, -0.2) is 20.4 Å². The molecule has 2 fully saturated rings. The molecule has 5 heteroatoms. The van der Waals surface area contributed by atoms with E-state index in [1.54, 1.807) is 11.1 Å². The molecule has 0 unspecified atom stereocenters.